The lowest BCUT2D eigenvalue weighted by molar-refractivity contribution is -0.137. The van der Waals surface area contributed by atoms with Crippen LogP contribution in [0.1, 0.15) is 34.5 Å². The molecule has 6 heteroatoms. The molecule has 22 heavy (non-hydrogen) atoms. The topological polar surface area (TPSA) is 29.1 Å². The van der Waals surface area contributed by atoms with Gasteiger partial charge >= 0.3 is 6.18 Å². The van der Waals surface area contributed by atoms with Crippen LogP contribution in [0, 0.1) is 0 Å². The van der Waals surface area contributed by atoms with Crippen LogP contribution in [0.15, 0.2) is 53.0 Å². The summed E-state index contributed by atoms with van der Waals surface area (Å²) < 4.78 is 38.9. The van der Waals surface area contributed by atoms with Crippen molar-refractivity contribution in [2.45, 2.75) is 19.1 Å². The van der Waals surface area contributed by atoms with Gasteiger partial charge in [-0.15, -0.1) is 0 Å². The molecule has 0 heterocycles. The van der Waals surface area contributed by atoms with Gasteiger partial charge in [0.2, 0.25) is 0 Å². The first kappa shape index (κ1) is 16.5. The summed E-state index contributed by atoms with van der Waals surface area (Å²) in [5, 5.41) is 2.69. The predicted octanol–water partition coefficient (Wildman–Crippen LogP) is 4.96. The van der Waals surface area contributed by atoms with E-state index in [4.69, 9.17) is 0 Å². The monoisotopic (exact) mass is 371 g/mol. The maximum absolute atomic E-state index is 12.7. The molecule has 1 N–H and O–H groups in total. The zero-order valence-corrected chi connectivity index (χ0v) is 13.2. The van der Waals surface area contributed by atoms with Gasteiger partial charge in [-0.25, -0.2) is 0 Å². The fraction of sp³-hybridized carbons (Fsp3) is 0.188. The Kier molecular flexibility index (Phi) is 4.90. The van der Waals surface area contributed by atoms with Gasteiger partial charge in [0.05, 0.1) is 11.6 Å². The second-order valence-corrected chi connectivity index (χ2v) is 5.74. The normalized spacial score (nSPS) is 12.8. The van der Waals surface area contributed by atoms with E-state index in [0.717, 1.165) is 22.2 Å². The van der Waals surface area contributed by atoms with Crippen LogP contribution >= 0.6 is 15.9 Å². The van der Waals surface area contributed by atoms with Crippen LogP contribution in [0.4, 0.5) is 13.2 Å². The van der Waals surface area contributed by atoms with Crippen LogP contribution in [0.25, 0.3) is 0 Å². The van der Waals surface area contributed by atoms with Crippen LogP contribution in [0.5, 0.6) is 0 Å². The van der Waals surface area contributed by atoms with Crippen molar-refractivity contribution in [1.29, 1.82) is 0 Å². The molecule has 0 radical (unpaired) electrons. The molecular formula is C16H13BrF3NO. The third kappa shape index (κ3) is 4.10. The first-order valence-corrected chi connectivity index (χ1v) is 7.30. The van der Waals surface area contributed by atoms with Crippen LogP contribution in [-0.2, 0) is 6.18 Å². The minimum absolute atomic E-state index is 0.0170. The minimum atomic E-state index is -4.47. The van der Waals surface area contributed by atoms with Gasteiger partial charge in [-0.1, -0.05) is 34.1 Å². The number of amides is 1. The molecule has 0 bridgehead atoms. The van der Waals surface area contributed by atoms with Crippen LogP contribution in [-0.4, -0.2) is 5.91 Å². The number of carbonyl (C=O) groups excluding carboxylic acids is 1. The summed E-state index contributed by atoms with van der Waals surface area (Å²) in [5.74, 6) is -0.543. The summed E-state index contributed by atoms with van der Waals surface area (Å²) in [5.41, 5.74) is 0.00151. The van der Waals surface area contributed by atoms with E-state index in [1.54, 1.807) is 6.92 Å². The highest BCUT2D eigenvalue weighted by Gasteiger charge is 2.30. The first-order chi connectivity index (χ1) is 10.3. The SMILES string of the molecule is C[C@H](NC(=O)c1cccc(C(F)(F)F)c1)c1cccc(Br)c1. The van der Waals surface area contributed by atoms with E-state index < -0.39 is 17.6 Å². The molecule has 0 aliphatic rings. The summed E-state index contributed by atoms with van der Waals surface area (Å²) in [6, 6.07) is 11.4. The van der Waals surface area contributed by atoms with Crippen molar-refractivity contribution >= 4 is 21.8 Å². The third-order valence-electron chi connectivity index (χ3n) is 3.15. The zero-order valence-electron chi connectivity index (χ0n) is 11.6. The van der Waals surface area contributed by atoms with E-state index in [2.05, 4.69) is 21.2 Å². The molecule has 0 saturated heterocycles. The van der Waals surface area contributed by atoms with Crippen molar-refractivity contribution in [2.24, 2.45) is 0 Å². The standard InChI is InChI=1S/C16H13BrF3NO/c1-10(11-4-3-7-14(17)9-11)21-15(22)12-5-2-6-13(8-12)16(18,19)20/h2-10H,1H3,(H,21,22)/t10-/m0/s1. The number of halogens is 4. The maximum atomic E-state index is 12.7. The average molecular weight is 372 g/mol. The first-order valence-electron chi connectivity index (χ1n) is 6.51. The van der Waals surface area contributed by atoms with Crippen LogP contribution in [0.3, 0.4) is 0 Å². The Bertz CT molecular complexity index is 685. The Morgan fingerprint density at radius 3 is 2.45 bits per heavy atom. The Morgan fingerprint density at radius 1 is 1.14 bits per heavy atom. The van der Waals surface area contributed by atoms with Crippen molar-refractivity contribution in [3.63, 3.8) is 0 Å². The molecule has 0 aliphatic carbocycles. The van der Waals surface area contributed by atoms with Crippen LogP contribution in [0.2, 0.25) is 0 Å². The Balaban J connectivity index is 2.15. The van der Waals surface area contributed by atoms with E-state index in [0.29, 0.717) is 0 Å². The van der Waals surface area contributed by atoms with Gasteiger partial charge in [0, 0.05) is 10.0 Å². The van der Waals surface area contributed by atoms with E-state index >= 15 is 0 Å². The summed E-state index contributed by atoms with van der Waals surface area (Å²) in [6.45, 7) is 1.77. The summed E-state index contributed by atoms with van der Waals surface area (Å²) in [6.07, 6.45) is -4.47. The average Bonchev–Trinajstić information content (AvgIpc) is 2.46. The number of rotatable bonds is 3. The highest BCUT2D eigenvalue weighted by Crippen LogP contribution is 2.29. The van der Waals surface area contributed by atoms with Gasteiger partial charge in [0.25, 0.3) is 5.91 Å². The number of nitrogens with one attached hydrogen (secondary N) is 1. The molecule has 1 amide bonds. The number of alkyl halides is 3. The molecule has 2 aromatic rings. The number of carbonyl (C=O) groups is 1. The number of hydrogen-bond donors (Lipinski definition) is 1. The minimum Gasteiger partial charge on any atom is -0.346 e. The van der Waals surface area contributed by atoms with E-state index in [1.807, 2.05) is 24.3 Å². The molecule has 2 rings (SSSR count). The molecule has 2 nitrogen and oxygen atoms in total. The highest BCUT2D eigenvalue weighted by atomic mass is 79.9. The number of benzene rings is 2. The van der Waals surface area contributed by atoms with Crippen LogP contribution < -0.4 is 5.32 Å². The predicted molar refractivity (Wildman–Crippen MR) is 81.5 cm³/mol. The molecule has 0 fully saturated rings. The Morgan fingerprint density at radius 2 is 1.82 bits per heavy atom. The Labute approximate surface area is 134 Å². The summed E-state index contributed by atoms with van der Waals surface area (Å²) in [7, 11) is 0. The van der Waals surface area contributed by atoms with Gasteiger partial charge in [0.15, 0.2) is 0 Å². The number of hydrogen-bond acceptors (Lipinski definition) is 1. The van der Waals surface area contributed by atoms with Gasteiger partial charge < -0.3 is 5.32 Å². The van der Waals surface area contributed by atoms with Gasteiger partial charge in [-0.2, -0.15) is 13.2 Å². The fourth-order valence-corrected chi connectivity index (χ4v) is 2.39. The third-order valence-corrected chi connectivity index (χ3v) is 3.64. The largest absolute Gasteiger partial charge is 0.416 e. The molecule has 116 valence electrons. The highest BCUT2D eigenvalue weighted by molar-refractivity contribution is 9.10. The summed E-state index contributed by atoms with van der Waals surface area (Å²) in [4.78, 5) is 12.1. The van der Waals surface area contributed by atoms with E-state index in [1.165, 1.54) is 12.1 Å². The molecule has 0 spiro atoms. The smallest absolute Gasteiger partial charge is 0.346 e. The molecule has 1 atom stereocenters. The zero-order chi connectivity index (χ0) is 16.3. The fourth-order valence-electron chi connectivity index (χ4n) is 1.98. The lowest BCUT2D eigenvalue weighted by Crippen LogP contribution is -2.27. The molecule has 2 aromatic carbocycles. The molecule has 0 saturated carbocycles. The summed E-state index contributed by atoms with van der Waals surface area (Å²) >= 11 is 3.34. The van der Waals surface area contributed by atoms with Crippen molar-refractivity contribution in [3.8, 4) is 0 Å². The second-order valence-electron chi connectivity index (χ2n) is 4.83. The molecule has 0 aromatic heterocycles. The molecule has 0 unspecified atom stereocenters. The van der Waals surface area contributed by atoms with Crippen molar-refractivity contribution in [2.75, 3.05) is 0 Å². The van der Waals surface area contributed by atoms with Crippen molar-refractivity contribution < 1.29 is 18.0 Å². The lowest BCUT2D eigenvalue weighted by Gasteiger charge is -2.15. The Hall–Kier alpha value is -1.82. The van der Waals surface area contributed by atoms with Crippen molar-refractivity contribution in [1.82, 2.24) is 5.32 Å². The van der Waals surface area contributed by atoms with E-state index in [9.17, 15) is 18.0 Å². The van der Waals surface area contributed by atoms with Crippen molar-refractivity contribution in [3.05, 3.63) is 69.7 Å². The van der Waals surface area contributed by atoms with E-state index in [-0.39, 0.29) is 11.6 Å². The molecule has 0 aliphatic heterocycles. The van der Waals surface area contributed by atoms with Gasteiger partial charge in [0.1, 0.15) is 0 Å². The quantitative estimate of drug-likeness (QED) is 0.811. The lowest BCUT2D eigenvalue weighted by atomic mass is 10.1. The second kappa shape index (κ2) is 6.52. The van der Waals surface area contributed by atoms with Gasteiger partial charge in [-0.3, -0.25) is 4.79 Å². The van der Waals surface area contributed by atoms with Gasteiger partial charge in [-0.05, 0) is 42.8 Å². The molecular weight excluding hydrogens is 359 g/mol. The maximum Gasteiger partial charge on any atom is 0.416 e.